The summed E-state index contributed by atoms with van der Waals surface area (Å²) in [6.07, 6.45) is 1.99. The van der Waals surface area contributed by atoms with Gasteiger partial charge in [-0.15, -0.1) is 0 Å². The number of amides is 1. The van der Waals surface area contributed by atoms with Crippen LogP contribution in [-0.2, 0) is 24.2 Å². The molecule has 1 amide bonds. The number of nitrogens with one attached hydrogen (secondary N) is 1. The molecular formula is C30H29N3O2. The molecule has 1 aromatic heterocycles. The van der Waals surface area contributed by atoms with E-state index < -0.39 is 0 Å². The minimum Gasteiger partial charge on any atom is -0.497 e. The second-order valence-electron chi connectivity index (χ2n) is 8.76. The van der Waals surface area contributed by atoms with E-state index in [1.807, 2.05) is 30.3 Å². The Bertz CT molecular complexity index is 1450. The maximum atomic E-state index is 12.4. The Balaban J connectivity index is 1.24. The summed E-state index contributed by atoms with van der Waals surface area (Å²) < 4.78 is 7.48. The van der Waals surface area contributed by atoms with Crippen LogP contribution < -0.4 is 10.1 Å². The quantitative estimate of drug-likeness (QED) is 0.292. The van der Waals surface area contributed by atoms with E-state index in [-0.39, 0.29) is 5.91 Å². The molecule has 35 heavy (non-hydrogen) atoms. The topological polar surface area (TPSA) is 56.1 Å². The van der Waals surface area contributed by atoms with Crippen molar-refractivity contribution < 1.29 is 9.53 Å². The highest BCUT2D eigenvalue weighted by Gasteiger charge is 2.12. The lowest BCUT2D eigenvalue weighted by molar-refractivity contribution is -0.120. The van der Waals surface area contributed by atoms with Crippen molar-refractivity contribution in [1.82, 2.24) is 14.9 Å². The summed E-state index contributed by atoms with van der Waals surface area (Å²) in [7, 11) is 1.64. The zero-order valence-corrected chi connectivity index (χ0v) is 19.9. The lowest BCUT2D eigenvalue weighted by Crippen LogP contribution is -2.26. The number of hydrogen-bond donors (Lipinski definition) is 1. The van der Waals surface area contributed by atoms with Crippen molar-refractivity contribution in [1.29, 1.82) is 0 Å². The van der Waals surface area contributed by atoms with Gasteiger partial charge in [0, 0.05) is 19.5 Å². The van der Waals surface area contributed by atoms with E-state index in [1.165, 1.54) is 16.3 Å². The largest absolute Gasteiger partial charge is 0.497 e. The summed E-state index contributed by atoms with van der Waals surface area (Å²) in [5.74, 6) is 1.87. The van der Waals surface area contributed by atoms with E-state index in [0.717, 1.165) is 47.6 Å². The van der Waals surface area contributed by atoms with Crippen LogP contribution in [0.25, 0.3) is 21.8 Å². The average molecular weight is 464 g/mol. The van der Waals surface area contributed by atoms with Crippen LogP contribution in [0.5, 0.6) is 5.75 Å². The fraction of sp³-hybridized carbons (Fsp3) is 0.200. The standard InChI is InChI=1S/C30H29N3O2/c1-35-26-16-13-22(14-17-26)20-30(34)31-18-6-11-29-32-27-9-4-5-10-28(27)33(29)21-23-12-15-24-7-2-3-8-25(24)19-23/h2-5,7-10,12-17,19H,6,11,18,20-21H2,1H3,(H,31,34). The molecular weight excluding hydrogens is 434 g/mol. The van der Waals surface area contributed by atoms with E-state index in [0.29, 0.717) is 13.0 Å². The van der Waals surface area contributed by atoms with Crippen LogP contribution in [0.2, 0.25) is 0 Å². The molecule has 0 atom stereocenters. The molecule has 0 spiro atoms. The average Bonchev–Trinajstić information content (AvgIpc) is 3.24. The number of benzene rings is 4. The Morgan fingerprint density at radius 1 is 0.886 bits per heavy atom. The number of fused-ring (bicyclic) bond motifs is 2. The van der Waals surface area contributed by atoms with E-state index in [1.54, 1.807) is 7.11 Å². The molecule has 5 rings (SSSR count). The molecule has 0 saturated carbocycles. The number of rotatable bonds is 9. The van der Waals surface area contributed by atoms with E-state index in [4.69, 9.17) is 9.72 Å². The van der Waals surface area contributed by atoms with Crippen molar-refractivity contribution in [3.05, 3.63) is 108 Å². The summed E-state index contributed by atoms with van der Waals surface area (Å²) in [4.78, 5) is 17.3. The first-order chi connectivity index (χ1) is 17.2. The third kappa shape index (κ3) is 5.35. The minimum atomic E-state index is 0.0276. The van der Waals surface area contributed by atoms with Crippen LogP contribution in [0.3, 0.4) is 0 Å². The number of carbonyl (C=O) groups is 1. The zero-order chi connectivity index (χ0) is 24.0. The van der Waals surface area contributed by atoms with E-state index in [2.05, 4.69) is 70.5 Å². The number of methoxy groups -OCH3 is 1. The first-order valence-electron chi connectivity index (χ1n) is 12.0. The molecule has 0 aliphatic heterocycles. The monoisotopic (exact) mass is 463 g/mol. The van der Waals surface area contributed by atoms with Crippen LogP contribution >= 0.6 is 0 Å². The van der Waals surface area contributed by atoms with Gasteiger partial charge in [-0.05, 0) is 58.7 Å². The lowest BCUT2D eigenvalue weighted by Gasteiger charge is -2.11. The van der Waals surface area contributed by atoms with Gasteiger partial charge in [-0.2, -0.15) is 0 Å². The Morgan fingerprint density at radius 2 is 1.63 bits per heavy atom. The number of aryl methyl sites for hydroxylation is 1. The van der Waals surface area contributed by atoms with Crippen LogP contribution in [0.1, 0.15) is 23.4 Å². The number of imidazole rings is 1. The SMILES string of the molecule is COc1ccc(CC(=O)NCCCc2nc3ccccc3n2Cc2ccc3ccccc3c2)cc1. The Labute approximate surface area is 205 Å². The fourth-order valence-corrected chi connectivity index (χ4v) is 4.48. The molecule has 0 unspecified atom stereocenters. The smallest absolute Gasteiger partial charge is 0.224 e. The molecule has 1 N–H and O–H groups in total. The van der Waals surface area contributed by atoms with Crippen LogP contribution in [0.15, 0.2) is 91.0 Å². The molecule has 5 nitrogen and oxygen atoms in total. The zero-order valence-electron chi connectivity index (χ0n) is 19.9. The van der Waals surface area contributed by atoms with Crippen molar-refractivity contribution in [2.24, 2.45) is 0 Å². The summed E-state index contributed by atoms with van der Waals surface area (Å²) >= 11 is 0. The molecule has 0 bridgehead atoms. The maximum Gasteiger partial charge on any atom is 0.224 e. The molecule has 5 heteroatoms. The fourth-order valence-electron chi connectivity index (χ4n) is 4.48. The van der Waals surface area contributed by atoms with Crippen LogP contribution in [0, 0.1) is 0 Å². The number of para-hydroxylation sites is 2. The highest BCUT2D eigenvalue weighted by Crippen LogP contribution is 2.21. The van der Waals surface area contributed by atoms with Crippen molar-refractivity contribution in [3.63, 3.8) is 0 Å². The summed E-state index contributed by atoms with van der Waals surface area (Å²) in [6, 6.07) is 31.0. The van der Waals surface area contributed by atoms with Gasteiger partial charge in [0.2, 0.25) is 5.91 Å². The predicted molar refractivity (Wildman–Crippen MR) is 141 cm³/mol. The van der Waals surface area contributed by atoms with Gasteiger partial charge in [0.1, 0.15) is 11.6 Å². The summed E-state index contributed by atoms with van der Waals surface area (Å²) in [6.45, 7) is 1.39. The van der Waals surface area contributed by atoms with Crippen molar-refractivity contribution >= 4 is 27.7 Å². The number of hydrogen-bond acceptors (Lipinski definition) is 3. The summed E-state index contributed by atoms with van der Waals surface area (Å²) in [5, 5.41) is 5.54. The summed E-state index contributed by atoms with van der Waals surface area (Å²) in [5.41, 5.74) is 4.37. The van der Waals surface area contributed by atoms with Gasteiger partial charge in [-0.25, -0.2) is 4.98 Å². The molecule has 0 saturated heterocycles. The second-order valence-corrected chi connectivity index (χ2v) is 8.76. The Morgan fingerprint density at radius 3 is 2.46 bits per heavy atom. The molecule has 0 radical (unpaired) electrons. The number of ether oxygens (including phenoxy) is 1. The third-order valence-corrected chi connectivity index (χ3v) is 6.31. The van der Waals surface area contributed by atoms with Crippen LogP contribution in [-0.4, -0.2) is 29.1 Å². The molecule has 0 aliphatic rings. The number of aromatic nitrogens is 2. The first kappa shape index (κ1) is 22.7. The molecule has 1 heterocycles. The van der Waals surface area contributed by atoms with Crippen LogP contribution in [0.4, 0.5) is 0 Å². The highest BCUT2D eigenvalue weighted by molar-refractivity contribution is 5.83. The molecule has 176 valence electrons. The van der Waals surface area contributed by atoms with E-state index in [9.17, 15) is 4.79 Å². The normalized spacial score (nSPS) is 11.1. The third-order valence-electron chi connectivity index (χ3n) is 6.31. The van der Waals surface area contributed by atoms with Gasteiger partial charge in [0.05, 0.1) is 24.6 Å². The lowest BCUT2D eigenvalue weighted by atomic mass is 10.1. The Kier molecular flexibility index (Phi) is 6.75. The number of nitrogens with zero attached hydrogens (tertiary/aromatic N) is 2. The highest BCUT2D eigenvalue weighted by atomic mass is 16.5. The van der Waals surface area contributed by atoms with Crippen molar-refractivity contribution in [2.45, 2.75) is 25.8 Å². The Hall–Kier alpha value is -4.12. The van der Waals surface area contributed by atoms with Gasteiger partial charge in [-0.1, -0.05) is 60.7 Å². The van der Waals surface area contributed by atoms with E-state index >= 15 is 0 Å². The van der Waals surface area contributed by atoms with Crippen molar-refractivity contribution in [3.8, 4) is 5.75 Å². The molecule has 0 aliphatic carbocycles. The molecule has 5 aromatic rings. The van der Waals surface area contributed by atoms with Crippen molar-refractivity contribution in [2.75, 3.05) is 13.7 Å². The molecule has 4 aromatic carbocycles. The van der Waals surface area contributed by atoms with Gasteiger partial charge < -0.3 is 14.6 Å². The maximum absolute atomic E-state index is 12.4. The first-order valence-corrected chi connectivity index (χ1v) is 12.0. The minimum absolute atomic E-state index is 0.0276. The number of carbonyl (C=O) groups excluding carboxylic acids is 1. The van der Waals surface area contributed by atoms with Gasteiger partial charge >= 0.3 is 0 Å². The molecule has 0 fully saturated rings. The van der Waals surface area contributed by atoms with Gasteiger partial charge in [-0.3, -0.25) is 4.79 Å². The van der Waals surface area contributed by atoms with Gasteiger partial charge in [0.25, 0.3) is 0 Å². The predicted octanol–water partition coefficient (Wildman–Crippen LogP) is 5.54. The van der Waals surface area contributed by atoms with Gasteiger partial charge in [0.15, 0.2) is 0 Å². The second kappa shape index (κ2) is 10.4.